The minimum Gasteiger partial charge on any atom is -0.368 e. The van der Waals surface area contributed by atoms with Crippen molar-refractivity contribution in [3.63, 3.8) is 0 Å². The van der Waals surface area contributed by atoms with E-state index in [9.17, 15) is 9.59 Å². The number of aliphatic imine (C=N–C) groups is 1. The Hall–Kier alpha value is -1.75. The first kappa shape index (κ1) is 22.5. The number of urea groups is 1. The second kappa shape index (κ2) is 10.7. The largest absolute Gasteiger partial charge is 0.368 e. The molecule has 1 aromatic carbocycles. The number of rotatable bonds is 5. The van der Waals surface area contributed by atoms with Crippen molar-refractivity contribution < 1.29 is 9.59 Å². The first-order chi connectivity index (χ1) is 13.1. The Bertz CT molecular complexity index is 716. The highest BCUT2D eigenvalue weighted by molar-refractivity contribution is 14.0. The molecule has 3 rings (SSSR count). The number of imide groups is 1. The quantitative estimate of drug-likeness (QED) is 0.238. The van der Waals surface area contributed by atoms with Crippen LogP contribution in [0.5, 0.6) is 0 Å². The molecule has 2 fully saturated rings. The topological polar surface area (TPSA) is 89.1 Å². The van der Waals surface area contributed by atoms with E-state index >= 15 is 0 Å². The number of para-hydroxylation sites is 1. The van der Waals surface area contributed by atoms with Gasteiger partial charge in [0, 0.05) is 39.3 Å². The first-order valence-electron chi connectivity index (χ1n) is 9.13. The predicted molar refractivity (Wildman–Crippen MR) is 122 cm³/mol. The number of nitrogens with zero attached hydrogens (tertiary/aromatic N) is 3. The number of benzene rings is 1. The van der Waals surface area contributed by atoms with Crippen LogP contribution in [0.15, 0.2) is 29.3 Å². The molecule has 8 nitrogen and oxygen atoms in total. The summed E-state index contributed by atoms with van der Waals surface area (Å²) in [5.41, 5.74) is 1.05. The Morgan fingerprint density at radius 3 is 2.82 bits per heavy atom. The van der Waals surface area contributed by atoms with Crippen molar-refractivity contribution in [1.29, 1.82) is 0 Å². The summed E-state index contributed by atoms with van der Waals surface area (Å²) in [6, 6.07) is 7.77. The number of carbonyl (C=O) groups excluding carboxylic acids is 2. The lowest BCUT2D eigenvalue weighted by atomic mass is 10.0. The molecule has 2 aliphatic rings. The number of piperidine rings is 1. The number of hydrogen-bond donors (Lipinski definition) is 3. The van der Waals surface area contributed by atoms with Crippen LogP contribution in [0.2, 0.25) is 5.02 Å². The molecule has 0 bridgehead atoms. The molecule has 3 N–H and O–H groups in total. The Morgan fingerprint density at radius 1 is 1.36 bits per heavy atom. The summed E-state index contributed by atoms with van der Waals surface area (Å²) in [5.74, 6) is 0.459. The minimum absolute atomic E-state index is 0. The maximum Gasteiger partial charge on any atom is 0.324 e. The second-order valence-corrected chi connectivity index (χ2v) is 6.99. The minimum atomic E-state index is -0.340. The molecule has 154 valence electrons. The van der Waals surface area contributed by atoms with E-state index in [1.165, 1.54) is 4.90 Å². The van der Waals surface area contributed by atoms with Crippen LogP contribution < -0.4 is 20.9 Å². The van der Waals surface area contributed by atoms with Gasteiger partial charge in [-0.1, -0.05) is 23.7 Å². The fraction of sp³-hybridized carbons (Fsp3) is 0.500. The number of hydrogen-bond acceptors (Lipinski definition) is 4. The fourth-order valence-electron chi connectivity index (χ4n) is 3.38. The zero-order chi connectivity index (χ0) is 19.2. The van der Waals surface area contributed by atoms with Gasteiger partial charge in [0.05, 0.1) is 17.3 Å². The summed E-state index contributed by atoms with van der Waals surface area (Å²) < 4.78 is 0. The Morgan fingerprint density at radius 2 is 2.14 bits per heavy atom. The summed E-state index contributed by atoms with van der Waals surface area (Å²) in [6.45, 7) is 2.63. The molecule has 3 amide bonds. The van der Waals surface area contributed by atoms with Gasteiger partial charge in [-0.2, -0.15) is 0 Å². The molecule has 2 saturated heterocycles. The predicted octanol–water partition coefficient (Wildman–Crippen LogP) is 1.64. The highest BCUT2D eigenvalue weighted by atomic mass is 127. The molecule has 1 unspecified atom stereocenters. The molecule has 1 aromatic rings. The van der Waals surface area contributed by atoms with Crippen LogP contribution in [0.1, 0.15) is 12.8 Å². The van der Waals surface area contributed by atoms with Crippen LogP contribution in [-0.4, -0.2) is 68.6 Å². The molecule has 2 heterocycles. The molecule has 0 aliphatic carbocycles. The van der Waals surface area contributed by atoms with Gasteiger partial charge >= 0.3 is 6.03 Å². The number of guanidine groups is 1. The van der Waals surface area contributed by atoms with E-state index in [0.717, 1.165) is 36.6 Å². The summed E-state index contributed by atoms with van der Waals surface area (Å²) in [7, 11) is 1.71. The Kier molecular flexibility index (Phi) is 8.61. The smallest absolute Gasteiger partial charge is 0.324 e. The molecule has 1 atom stereocenters. The van der Waals surface area contributed by atoms with Gasteiger partial charge in [0.1, 0.15) is 0 Å². The van der Waals surface area contributed by atoms with Gasteiger partial charge in [0.2, 0.25) is 5.91 Å². The number of nitrogens with one attached hydrogen (secondary N) is 3. The molecular weight excluding hydrogens is 495 g/mol. The van der Waals surface area contributed by atoms with E-state index < -0.39 is 0 Å². The van der Waals surface area contributed by atoms with Crippen LogP contribution >= 0.6 is 35.6 Å². The molecule has 0 radical (unpaired) electrons. The molecule has 0 spiro atoms. The van der Waals surface area contributed by atoms with E-state index in [0.29, 0.717) is 19.0 Å². The summed E-state index contributed by atoms with van der Waals surface area (Å²) in [6.07, 6.45) is 2.09. The third-order valence-corrected chi connectivity index (χ3v) is 5.06. The third-order valence-electron chi connectivity index (χ3n) is 4.74. The second-order valence-electron chi connectivity index (χ2n) is 6.58. The summed E-state index contributed by atoms with van der Waals surface area (Å²) in [4.78, 5) is 30.9. The Labute approximate surface area is 187 Å². The van der Waals surface area contributed by atoms with E-state index in [1.54, 1.807) is 7.05 Å². The van der Waals surface area contributed by atoms with E-state index in [4.69, 9.17) is 11.6 Å². The molecule has 10 heteroatoms. The molecule has 0 saturated carbocycles. The molecule has 28 heavy (non-hydrogen) atoms. The number of halogens is 2. The highest BCUT2D eigenvalue weighted by Crippen LogP contribution is 2.27. The maximum atomic E-state index is 11.6. The van der Waals surface area contributed by atoms with E-state index in [1.807, 2.05) is 24.3 Å². The number of amides is 3. The van der Waals surface area contributed by atoms with Crippen LogP contribution in [0.25, 0.3) is 0 Å². The van der Waals surface area contributed by atoms with Gasteiger partial charge in [-0.25, -0.2) is 4.79 Å². The first-order valence-corrected chi connectivity index (χ1v) is 9.51. The van der Waals surface area contributed by atoms with Crippen molar-refractivity contribution in [2.45, 2.75) is 18.9 Å². The van der Waals surface area contributed by atoms with Gasteiger partial charge in [-0.15, -0.1) is 24.0 Å². The van der Waals surface area contributed by atoms with Crippen LogP contribution in [-0.2, 0) is 4.79 Å². The number of carbonyl (C=O) groups is 2. The molecular formula is C18H26ClIN6O2. The molecule has 0 aromatic heterocycles. The lowest BCUT2D eigenvalue weighted by Crippen LogP contribution is -2.52. The number of anilines is 1. The molecule has 2 aliphatic heterocycles. The van der Waals surface area contributed by atoms with E-state index in [-0.39, 0.29) is 48.5 Å². The van der Waals surface area contributed by atoms with Crippen LogP contribution in [0.4, 0.5) is 10.5 Å². The average molecular weight is 521 g/mol. The fourth-order valence-corrected chi connectivity index (χ4v) is 3.63. The standard InChI is InChI=1S/C18H25ClN6O2.HI/c1-20-17(21-8-10-25-16(26)11-22-18(25)27)23-13-5-4-9-24(12-13)15-7-3-2-6-14(15)19;/h2-3,6-7,13H,4-5,8-12H2,1H3,(H,22,27)(H2,20,21,23);1H. The Balaban J connectivity index is 0.00000280. The van der Waals surface area contributed by atoms with Gasteiger partial charge in [0.25, 0.3) is 0 Å². The summed E-state index contributed by atoms with van der Waals surface area (Å²) in [5, 5.41) is 9.86. The van der Waals surface area contributed by atoms with Gasteiger partial charge in [-0.3, -0.25) is 14.7 Å². The SMILES string of the molecule is CN=C(NCCN1C(=O)CNC1=O)NC1CCCN(c2ccccc2Cl)C1.I. The van der Waals surface area contributed by atoms with Gasteiger partial charge in [0.15, 0.2) is 5.96 Å². The zero-order valence-electron chi connectivity index (χ0n) is 15.8. The third kappa shape index (κ3) is 5.63. The van der Waals surface area contributed by atoms with E-state index in [2.05, 4.69) is 25.8 Å². The van der Waals surface area contributed by atoms with Crippen molar-refractivity contribution >= 4 is 59.2 Å². The maximum absolute atomic E-state index is 11.6. The van der Waals surface area contributed by atoms with Crippen LogP contribution in [0.3, 0.4) is 0 Å². The lowest BCUT2D eigenvalue weighted by Gasteiger charge is -2.35. The average Bonchev–Trinajstić information content (AvgIpc) is 2.99. The van der Waals surface area contributed by atoms with Crippen molar-refractivity contribution in [1.82, 2.24) is 20.9 Å². The zero-order valence-corrected chi connectivity index (χ0v) is 18.9. The van der Waals surface area contributed by atoms with Crippen LogP contribution in [0, 0.1) is 0 Å². The van der Waals surface area contributed by atoms with Gasteiger partial charge < -0.3 is 20.9 Å². The monoisotopic (exact) mass is 520 g/mol. The van der Waals surface area contributed by atoms with Crippen molar-refractivity contribution in [2.24, 2.45) is 4.99 Å². The normalized spacial score (nSPS) is 19.9. The lowest BCUT2D eigenvalue weighted by molar-refractivity contribution is -0.124. The van der Waals surface area contributed by atoms with Crippen molar-refractivity contribution in [3.05, 3.63) is 29.3 Å². The highest BCUT2D eigenvalue weighted by Gasteiger charge is 2.28. The summed E-state index contributed by atoms with van der Waals surface area (Å²) >= 11 is 6.33. The van der Waals surface area contributed by atoms with Crippen molar-refractivity contribution in [3.8, 4) is 0 Å². The van der Waals surface area contributed by atoms with Gasteiger partial charge in [-0.05, 0) is 25.0 Å². The van der Waals surface area contributed by atoms with Crippen molar-refractivity contribution in [2.75, 3.05) is 44.7 Å².